The molecule has 0 saturated carbocycles. The second kappa shape index (κ2) is 2.44. The Bertz CT molecular complexity index is 431. The Hall–Kier alpha value is -1.64. The maximum atomic E-state index is 10.6. The highest BCUT2D eigenvalue weighted by atomic mass is 16.1. The molecule has 0 saturated heterocycles. The maximum absolute atomic E-state index is 10.6. The maximum Gasteiger partial charge on any atom is 0.150 e. The normalized spacial score (nSPS) is 10.4. The van der Waals surface area contributed by atoms with Gasteiger partial charge in [-0.2, -0.15) is 0 Å². The van der Waals surface area contributed by atoms with Crippen LogP contribution < -0.4 is 0 Å². The van der Waals surface area contributed by atoms with Crippen LogP contribution in [0.3, 0.4) is 0 Å². The Morgan fingerprint density at radius 1 is 1.50 bits per heavy atom. The number of hydrogen-bond donors (Lipinski definition) is 0. The molecule has 0 N–H and O–H groups in total. The smallest absolute Gasteiger partial charge is 0.150 e. The number of nitrogens with zero attached hydrogens (tertiary/aromatic N) is 2. The second-order valence-electron chi connectivity index (χ2n) is 2.68. The number of rotatable bonds is 1. The van der Waals surface area contributed by atoms with Crippen LogP contribution in [0.25, 0.3) is 11.0 Å². The summed E-state index contributed by atoms with van der Waals surface area (Å²) in [6, 6.07) is 3.61. The third-order valence-corrected chi connectivity index (χ3v) is 1.93. The number of hydrogen-bond acceptors (Lipinski definition) is 2. The summed E-state index contributed by atoms with van der Waals surface area (Å²) in [6.07, 6.45) is 4.39. The summed E-state index contributed by atoms with van der Waals surface area (Å²) in [6.45, 7) is 0. The van der Waals surface area contributed by atoms with Gasteiger partial charge in [-0.15, -0.1) is 0 Å². The summed E-state index contributed by atoms with van der Waals surface area (Å²) in [5.74, 6) is 0. The molecule has 12 heavy (non-hydrogen) atoms. The number of aromatic nitrogens is 2. The highest BCUT2D eigenvalue weighted by Gasteiger charge is 2.02. The van der Waals surface area contributed by atoms with Gasteiger partial charge in [0.2, 0.25) is 0 Å². The van der Waals surface area contributed by atoms with Crippen molar-refractivity contribution in [3.8, 4) is 0 Å². The van der Waals surface area contributed by atoms with Crippen LogP contribution in [0.1, 0.15) is 10.4 Å². The lowest BCUT2D eigenvalue weighted by Gasteiger charge is -1.95. The van der Waals surface area contributed by atoms with Gasteiger partial charge in [-0.1, -0.05) is 0 Å². The molecule has 2 aromatic rings. The van der Waals surface area contributed by atoms with Crippen molar-refractivity contribution in [2.24, 2.45) is 7.05 Å². The van der Waals surface area contributed by atoms with E-state index in [1.54, 1.807) is 12.3 Å². The molecule has 0 unspecified atom stereocenters. The van der Waals surface area contributed by atoms with Crippen molar-refractivity contribution in [1.29, 1.82) is 0 Å². The summed E-state index contributed by atoms with van der Waals surface area (Å²) in [5, 5.41) is 0.912. The summed E-state index contributed by atoms with van der Waals surface area (Å²) >= 11 is 0. The Labute approximate surface area is 69.6 Å². The predicted molar refractivity (Wildman–Crippen MR) is 46.1 cm³/mol. The van der Waals surface area contributed by atoms with Gasteiger partial charge in [0.15, 0.2) is 6.29 Å². The lowest BCUT2D eigenvalue weighted by molar-refractivity contribution is 0.112. The van der Waals surface area contributed by atoms with Crippen LogP contribution in [0, 0.1) is 0 Å². The van der Waals surface area contributed by atoms with Crippen LogP contribution in [-0.4, -0.2) is 15.8 Å². The van der Waals surface area contributed by atoms with Crippen LogP contribution in [0.2, 0.25) is 0 Å². The minimum Gasteiger partial charge on any atom is -0.336 e. The van der Waals surface area contributed by atoms with Crippen molar-refractivity contribution in [3.63, 3.8) is 0 Å². The summed E-state index contributed by atoms with van der Waals surface area (Å²) in [4.78, 5) is 14.7. The van der Waals surface area contributed by atoms with E-state index in [0.29, 0.717) is 5.56 Å². The monoisotopic (exact) mass is 160 g/mol. The van der Waals surface area contributed by atoms with E-state index >= 15 is 0 Å². The van der Waals surface area contributed by atoms with Crippen LogP contribution in [0.4, 0.5) is 0 Å². The number of aryl methyl sites for hydroxylation is 1. The van der Waals surface area contributed by atoms with Crippen molar-refractivity contribution in [2.45, 2.75) is 0 Å². The Balaban J connectivity index is 2.89. The molecule has 0 aliphatic rings. The zero-order valence-electron chi connectivity index (χ0n) is 6.69. The standard InChI is InChI=1S/C9H8N2O/c1-11-5-3-8-7(6-12)2-4-10-9(8)11/h2-6H,1H3. The average molecular weight is 160 g/mol. The number of pyridine rings is 1. The van der Waals surface area contributed by atoms with E-state index in [-0.39, 0.29) is 0 Å². The minimum absolute atomic E-state index is 0.695. The number of carbonyl (C=O) groups is 1. The first-order valence-electron chi connectivity index (χ1n) is 3.68. The van der Waals surface area contributed by atoms with Gasteiger partial charge in [-0.25, -0.2) is 4.98 Å². The molecule has 2 heterocycles. The first-order chi connectivity index (χ1) is 5.83. The minimum atomic E-state index is 0.695. The lowest BCUT2D eigenvalue weighted by atomic mass is 10.2. The topological polar surface area (TPSA) is 34.9 Å². The Morgan fingerprint density at radius 3 is 3.08 bits per heavy atom. The van der Waals surface area contributed by atoms with Gasteiger partial charge >= 0.3 is 0 Å². The summed E-state index contributed by atoms with van der Waals surface area (Å²) < 4.78 is 1.89. The third kappa shape index (κ3) is 0.830. The van der Waals surface area contributed by atoms with E-state index in [2.05, 4.69) is 4.98 Å². The van der Waals surface area contributed by atoms with Gasteiger partial charge in [0.1, 0.15) is 5.65 Å². The molecule has 0 aromatic carbocycles. The fourth-order valence-corrected chi connectivity index (χ4v) is 1.29. The van der Waals surface area contributed by atoms with Crippen molar-refractivity contribution in [3.05, 3.63) is 30.1 Å². The largest absolute Gasteiger partial charge is 0.336 e. The van der Waals surface area contributed by atoms with Crippen LogP contribution in [-0.2, 0) is 7.05 Å². The molecule has 60 valence electrons. The zero-order valence-corrected chi connectivity index (χ0v) is 6.69. The first kappa shape index (κ1) is 7.03. The molecule has 2 rings (SSSR count). The molecular formula is C9H8N2O. The Kier molecular flexibility index (Phi) is 1.43. The highest BCUT2D eigenvalue weighted by Crippen LogP contribution is 2.14. The molecule has 0 aliphatic heterocycles. The summed E-state index contributed by atoms with van der Waals surface area (Å²) in [7, 11) is 1.91. The Morgan fingerprint density at radius 2 is 2.33 bits per heavy atom. The van der Waals surface area contributed by atoms with Gasteiger partial charge in [-0.3, -0.25) is 4.79 Å². The van der Waals surface area contributed by atoms with E-state index in [1.807, 2.05) is 23.9 Å². The fourth-order valence-electron chi connectivity index (χ4n) is 1.29. The molecule has 0 fully saturated rings. The molecule has 0 spiro atoms. The van der Waals surface area contributed by atoms with Gasteiger partial charge in [0.25, 0.3) is 0 Å². The van der Waals surface area contributed by atoms with Crippen molar-refractivity contribution in [1.82, 2.24) is 9.55 Å². The van der Waals surface area contributed by atoms with Gasteiger partial charge in [0.05, 0.1) is 0 Å². The van der Waals surface area contributed by atoms with Crippen LogP contribution in [0.15, 0.2) is 24.5 Å². The molecular weight excluding hydrogens is 152 g/mol. The predicted octanol–water partition coefficient (Wildman–Crippen LogP) is 1.39. The molecule has 0 amide bonds. The van der Waals surface area contributed by atoms with Crippen molar-refractivity contribution in [2.75, 3.05) is 0 Å². The summed E-state index contributed by atoms with van der Waals surface area (Å²) in [5.41, 5.74) is 1.54. The van der Waals surface area contributed by atoms with Gasteiger partial charge in [0, 0.05) is 30.4 Å². The quantitative estimate of drug-likeness (QED) is 0.591. The van der Waals surface area contributed by atoms with E-state index in [0.717, 1.165) is 17.3 Å². The molecule has 3 heteroatoms. The van der Waals surface area contributed by atoms with E-state index in [4.69, 9.17) is 0 Å². The SMILES string of the molecule is Cn1ccc2c(C=O)ccnc21. The zero-order chi connectivity index (χ0) is 8.55. The van der Waals surface area contributed by atoms with Crippen LogP contribution in [0.5, 0.6) is 0 Å². The van der Waals surface area contributed by atoms with Gasteiger partial charge < -0.3 is 4.57 Å². The molecule has 0 aliphatic carbocycles. The molecule has 2 aromatic heterocycles. The van der Waals surface area contributed by atoms with E-state index < -0.39 is 0 Å². The lowest BCUT2D eigenvalue weighted by Crippen LogP contribution is -1.89. The molecule has 3 nitrogen and oxygen atoms in total. The van der Waals surface area contributed by atoms with E-state index in [1.165, 1.54) is 0 Å². The van der Waals surface area contributed by atoms with Crippen LogP contribution >= 0.6 is 0 Å². The number of carbonyl (C=O) groups excluding carboxylic acids is 1. The second-order valence-corrected chi connectivity index (χ2v) is 2.68. The third-order valence-electron chi connectivity index (χ3n) is 1.93. The average Bonchev–Trinajstić information content (AvgIpc) is 2.48. The fraction of sp³-hybridized carbons (Fsp3) is 0.111. The molecule has 0 bridgehead atoms. The highest BCUT2D eigenvalue weighted by molar-refractivity contribution is 5.95. The molecule has 0 radical (unpaired) electrons. The number of aldehydes is 1. The molecule has 0 atom stereocenters. The number of fused-ring (bicyclic) bond motifs is 1. The van der Waals surface area contributed by atoms with Crippen molar-refractivity contribution < 1.29 is 4.79 Å². The van der Waals surface area contributed by atoms with E-state index in [9.17, 15) is 4.79 Å². The van der Waals surface area contributed by atoms with Crippen molar-refractivity contribution >= 4 is 17.3 Å². The first-order valence-corrected chi connectivity index (χ1v) is 3.68. The van der Waals surface area contributed by atoms with Gasteiger partial charge in [-0.05, 0) is 12.1 Å².